The number of rotatable bonds is 0. The molecule has 0 amide bonds. The van der Waals surface area contributed by atoms with Crippen LogP contribution in [0.1, 0.15) is 26.6 Å². The largest absolute Gasteiger partial charge is 0.340 e. The summed E-state index contributed by atoms with van der Waals surface area (Å²) in [6.45, 7) is 6.35. The summed E-state index contributed by atoms with van der Waals surface area (Å²) < 4.78 is 0. The molecule has 13 heavy (non-hydrogen) atoms. The number of nitrogens with zero attached hydrogens (tertiary/aromatic N) is 3. The lowest BCUT2D eigenvalue weighted by atomic mass is 9.96. The number of hydrogen-bond acceptors (Lipinski definition) is 3. The maximum Gasteiger partial charge on any atom is 0.112 e. The summed E-state index contributed by atoms with van der Waals surface area (Å²) in [5, 5.41) is 7.56. The highest BCUT2D eigenvalue weighted by molar-refractivity contribution is 5.72. The lowest BCUT2D eigenvalue weighted by molar-refractivity contribution is 0.554. The normalized spacial score (nSPS) is 12.2. The molecule has 1 N–H and O–H groups in total. The Morgan fingerprint density at radius 2 is 1.85 bits per heavy atom. The number of hydrogen-bond donors (Lipinski definition) is 1. The van der Waals surface area contributed by atoms with Crippen molar-refractivity contribution in [1.29, 1.82) is 0 Å². The van der Waals surface area contributed by atoms with Crippen LogP contribution in [0.3, 0.4) is 0 Å². The Morgan fingerprint density at radius 1 is 1.15 bits per heavy atom. The predicted octanol–water partition coefficient (Wildman–Crippen LogP) is 1.65. The van der Waals surface area contributed by atoms with Crippen LogP contribution in [-0.2, 0) is 5.41 Å². The average molecular weight is 176 g/mol. The van der Waals surface area contributed by atoms with Crippen molar-refractivity contribution in [3.05, 3.63) is 18.2 Å². The van der Waals surface area contributed by atoms with Crippen molar-refractivity contribution in [3.8, 4) is 0 Å². The van der Waals surface area contributed by atoms with Crippen LogP contribution >= 0.6 is 0 Å². The van der Waals surface area contributed by atoms with Crippen LogP contribution in [0.5, 0.6) is 0 Å². The maximum atomic E-state index is 4.43. The second-order valence-corrected chi connectivity index (χ2v) is 4.12. The molecule has 0 aliphatic carbocycles. The Balaban J connectivity index is 2.63. The van der Waals surface area contributed by atoms with Gasteiger partial charge in [0, 0.05) is 5.41 Å². The second-order valence-electron chi connectivity index (χ2n) is 4.12. The van der Waals surface area contributed by atoms with E-state index < -0.39 is 0 Å². The highest BCUT2D eigenvalue weighted by Crippen LogP contribution is 2.21. The third-order valence-corrected chi connectivity index (χ3v) is 1.91. The van der Waals surface area contributed by atoms with Gasteiger partial charge in [-0.2, -0.15) is 10.2 Å². The molecule has 0 aromatic carbocycles. The average Bonchev–Trinajstić information content (AvgIpc) is 2.45. The molecule has 0 fully saturated rings. The molecule has 0 radical (unpaired) electrons. The minimum atomic E-state index is 0.0407. The van der Waals surface area contributed by atoms with E-state index in [1.807, 2.05) is 0 Å². The standard InChI is InChI=1S/C9H12N4/c1-9(2,3)8-12-6-4-10-11-5-7(6)13-8/h4-5H,1-3H3,(H,12,13). The van der Waals surface area contributed by atoms with Crippen molar-refractivity contribution in [3.63, 3.8) is 0 Å². The molecule has 2 aromatic rings. The van der Waals surface area contributed by atoms with Gasteiger partial charge in [-0.1, -0.05) is 20.8 Å². The fraction of sp³-hybridized carbons (Fsp3) is 0.444. The first-order valence-electron chi connectivity index (χ1n) is 4.24. The van der Waals surface area contributed by atoms with E-state index in [0.717, 1.165) is 16.9 Å². The van der Waals surface area contributed by atoms with E-state index in [0.29, 0.717) is 0 Å². The molecule has 0 bridgehead atoms. The van der Waals surface area contributed by atoms with Crippen molar-refractivity contribution in [2.24, 2.45) is 0 Å². The monoisotopic (exact) mass is 176 g/mol. The lowest BCUT2D eigenvalue weighted by Crippen LogP contribution is -2.12. The van der Waals surface area contributed by atoms with Crippen molar-refractivity contribution in [2.75, 3.05) is 0 Å². The summed E-state index contributed by atoms with van der Waals surface area (Å²) in [6.07, 6.45) is 3.36. The maximum absolute atomic E-state index is 4.43. The number of imidazole rings is 1. The van der Waals surface area contributed by atoms with Crippen LogP contribution in [0.4, 0.5) is 0 Å². The topological polar surface area (TPSA) is 54.5 Å². The first-order valence-corrected chi connectivity index (χ1v) is 4.24. The van der Waals surface area contributed by atoms with Gasteiger partial charge >= 0.3 is 0 Å². The molecule has 0 saturated heterocycles. The summed E-state index contributed by atoms with van der Waals surface area (Å²) >= 11 is 0. The van der Waals surface area contributed by atoms with Gasteiger partial charge in [0.05, 0.1) is 17.9 Å². The molecule has 0 saturated carbocycles. The SMILES string of the molecule is CC(C)(C)c1nc2cnncc2[nH]1. The first-order chi connectivity index (χ1) is 6.07. The third-order valence-electron chi connectivity index (χ3n) is 1.91. The van der Waals surface area contributed by atoms with Crippen LogP contribution in [0.15, 0.2) is 12.4 Å². The number of H-pyrrole nitrogens is 1. The van der Waals surface area contributed by atoms with Crippen molar-refractivity contribution >= 4 is 11.0 Å². The Morgan fingerprint density at radius 3 is 2.46 bits per heavy atom. The van der Waals surface area contributed by atoms with E-state index in [2.05, 4.69) is 40.9 Å². The highest BCUT2D eigenvalue weighted by atomic mass is 15.1. The Bertz CT molecular complexity index is 391. The molecular weight excluding hydrogens is 164 g/mol. The zero-order valence-corrected chi connectivity index (χ0v) is 8.00. The summed E-state index contributed by atoms with van der Waals surface area (Å²) in [7, 11) is 0. The van der Waals surface area contributed by atoms with E-state index in [4.69, 9.17) is 0 Å². The predicted molar refractivity (Wildman–Crippen MR) is 50.4 cm³/mol. The minimum Gasteiger partial charge on any atom is -0.340 e. The van der Waals surface area contributed by atoms with Crippen LogP contribution in [0, 0.1) is 0 Å². The van der Waals surface area contributed by atoms with Gasteiger partial charge in [0.15, 0.2) is 0 Å². The van der Waals surface area contributed by atoms with Crippen molar-refractivity contribution < 1.29 is 0 Å². The molecule has 68 valence electrons. The first kappa shape index (κ1) is 8.16. The third kappa shape index (κ3) is 1.39. The molecule has 4 nitrogen and oxygen atoms in total. The molecule has 0 aliphatic heterocycles. The molecule has 2 heterocycles. The van der Waals surface area contributed by atoms with Crippen molar-refractivity contribution in [2.45, 2.75) is 26.2 Å². The Labute approximate surface area is 76.4 Å². The number of aromatic nitrogens is 4. The van der Waals surface area contributed by atoms with Gasteiger partial charge in [-0.25, -0.2) is 4.98 Å². The molecule has 0 atom stereocenters. The lowest BCUT2D eigenvalue weighted by Gasteiger charge is -2.13. The van der Waals surface area contributed by atoms with Crippen LogP contribution in [0.25, 0.3) is 11.0 Å². The smallest absolute Gasteiger partial charge is 0.112 e. The Hall–Kier alpha value is -1.45. The molecular formula is C9H12N4. The highest BCUT2D eigenvalue weighted by Gasteiger charge is 2.17. The number of aromatic amines is 1. The van der Waals surface area contributed by atoms with Gasteiger partial charge in [0.25, 0.3) is 0 Å². The van der Waals surface area contributed by atoms with Gasteiger partial charge in [-0.15, -0.1) is 0 Å². The molecule has 4 heteroatoms. The second kappa shape index (κ2) is 2.52. The number of nitrogens with one attached hydrogen (secondary N) is 1. The zero-order chi connectivity index (χ0) is 9.47. The summed E-state index contributed by atoms with van der Waals surface area (Å²) in [4.78, 5) is 7.65. The van der Waals surface area contributed by atoms with Gasteiger partial charge < -0.3 is 4.98 Å². The minimum absolute atomic E-state index is 0.0407. The molecule has 0 spiro atoms. The fourth-order valence-electron chi connectivity index (χ4n) is 1.13. The van der Waals surface area contributed by atoms with E-state index in [-0.39, 0.29) is 5.41 Å². The summed E-state index contributed by atoms with van der Waals surface area (Å²) in [5.41, 5.74) is 1.86. The van der Waals surface area contributed by atoms with Crippen LogP contribution in [0.2, 0.25) is 0 Å². The van der Waals surface area contributed by atoms with Gasteiger partial charge in [0.1, 0.15) is 11.3 Å². The molecule has 2 rings (SSSR count). The van der Waals surface area contributed by atoms with Gasteiger partial charge in [-0.3, -0.25) is 0 Å². The summed E-state index contributed by atoms with van der Waals surface area (Å²) in [6, 6.07) is 0. The number of fused-ring (bicyclic) bond motifs is 1. The quantitative estimate of drug-likeness (QED) is 0.664. The van der Waals surface area contributed by atoms with E-state index >= 15 is 0 Å². The molecule has 2 aromatic heterocycles. The van der Waals surface area contributed by atoms with Crippen molar-refractivity contribution in [1.82, 2.24) is 20.2 Å². The van der Waals surface area contributed by atoms with E-state index in [1.165, 1.54) is 0 Å². The fourth-order valence-corrected chi connectivity index (χ4v) is 1.13. The molecule has 0 unspecified atom stereocenters. The summed E-state index contributed by atoms with van der Waals surface area (Å²) in [5.74, 6) is 0.970. The van der Waals surface area contributed by atoms with E-state index in [1.54, 1.807) is 12.4 Å². The van der Waals surface area contributed by atoms with Gasteiger partial charge in [0.2, 0.25) is 0 Å². The van der Waals surface area contributed by atoms with E-state index in [9.17, 15) is 0 Å². The van der Waals surface area contributed by atoms with Crippen LogP contribution < -0.4 is 0 Å². The van der Waals surface area contributed by atoms with Crippen LogP contribution in [-0.4, -0.2) is 20.2 Å². The van der Waals surface area contributed by atoms with Gasteiger partial charge in [-0.05, 0) is 0 Å². The Kier molecular flexibility index (Phi) is 1.58. The zero-order valence-electron chi connectivity index (χ0n) is 8.00. The molecule has 0 aliphatic rings.